The second-order valence-electron chi connectivity index (χ2n) is 14.4. The largest absolute Gasteiger partial charge is 0.361 e. The van der Waals surface area contributed by atoms with E-state index in [1.807, 2.05) is 39.1 Å². The van der Waals surface area contributed by atoms with Gasteiger partial charge in [0.15, 0.2) is 0 Å². The number of hydrogen-bond donors (Lipinski definition) is 2. The molecule has 3 saturated heterocycles. The molecule has 1 aliphatic carbocycles. The van der Waals surface area contributed by atoms with Crippen LogP contribution in [0.25, 0.3) is 16.5 Å². The lowest BCUT2D eigenvalue weighted by Gasteiger charge is -2.50. The van der Waals surface area contributed by atoms with Crippen LogP contribution < -0.4 is 5.32 Å². The van der Waals surface area contributed by atoms with Crippen LogP contribution in [-0.4, -0.2) is 102 Å². The highest BCUT2D eigenvalue weighted by Crippen LogP contribution is 2.51. The van der Waals surface area contributed by atoms with Gasteiger partial charge in [-0.1, -0.05) is 45.9 Å². The average Bonchev–Trinajstić information content (AvgIpc) is 3.72. The number of aromatic nitrogens is 1. The Labute approximate surface area is 274 Å². The minimum absolute atomic E-state index is 0.00842. The summed E-state index contributed by atoms with van der Waals surface area (Å²) >= 11 is 0. The third-order valence-corrected chi connectivity index (χ3v) is 10.7. The molecular weight excluding hydrogens is 626 g/mol. The van der Waals surface area contributed by atoms with Crippen molar-refractivity contribution < 1.29 is 36.8 Å². The van der Waals surface area contributed by atoms with E-state index in [1.54, 1.807) is 18.7 Å². The number of benzene rings is 1. The molecule has 14 heteroatoms. The van der Waals surface area contributed by atoms with Crippen molar-refractivity contribution >= 4 is 44.3 Å². The van der Waals surface area contributed by atoms with Crippen LogP contribution in [0.1, 0.15) is 58.1 Å². The minimum Gasteiger partial charge on any atom is -0.361 e. The van der Waals surface area contributed by atoms with E-state index in [2.05, 4.69) is 27.5 Å². The number of nitrogens with zero attached hydrogens (tertiary/aromatic N) is 3. The highest BCUT2D eigenvalue weighted by Gasteiger charge is 2.74. The van der Waals surface area contributed by atoms with Gasteiger partial charge in [-0.15, -0.1) is 4.33 Å². The maximum absolute atomic E-state index is 14.8. The second-order valence-corrected chi connectivity index (χ2v) is 16.0. The number of fused-ring (bicyclic) bond motifs is 5. The molecule has 1 aromatic heterocycles. The van der Waals surface area contributed by atoms with Gasteiger partial charge in [0.2, 0.25) is 17.5 Å². The Kier molecular flexibility index (Phi) is 7.63. The van der Waals surface area contributed by atoms with Gasteiger partial charge in [0, 0.05) is 42.1 Å². The topological polar surface area (TPSA) is 151 Å². The fraction of sp³-hybridized carbons (Fsp3) is 0.606. The molecule has 254 valence electrons. The van der Waals surface area contributed by atoms with Gasteiger partial charge in [0.05, 0.1) is 12.2 Å². The van der Waals surface area contributed by atoms with Gasteiger partial charge in [-0.05, 0) is 61.4 Å². The molecule has 0 bridgehead atoms. The molecule has 0 saturated carbocycles. The number of nitrogens with one attached hydrogen (secondary N) is 2. The molecule has 5 aliphatic rings. The molecule has 2 aromatic rings. The lowest BCUT2D eigenvalue weighted by Crippen LogP contribution is -2.72. The van der Waals surface area contributed by atoms with Crippen molar-refractivity contribution in [1.82, 2.24) is 25.0 Å². The van der Waals surface area contributed by atoms with Gasteiger partial charge >= 0.3 is 5.91 Å². The maximum Gasteiger partial charge on any atom is 0.309 e. The smallest absolute Gasteiger partial charge is 0.309 e. The Hall–Kier alpha value is -3.30. The molecule has 0 unspecified atom stereocenters. The lowest BCUT2D eigenvalue weighted by molar-refractivity contribution is -0.441. The lowest BCUT2D eigenvalue weighted by atomic mass is 9.79. The van der Waals surface area contributed by atoms with Crippen LogP contribution >= 0.6 is 0 Å². The molecular formula is C33H43N5O8S. The van der Waals surface area contributed by atoms with E-state index in [0.717, 1.165) is 34.7 Å². The van der Waals surface area contributed by atoms with Crippen LogP contribution in [0.15, 0.2) is 30.5 Å². The minimum atomic E-state index is -4.16. The second kappa shape index (κ2) is 11.1. The third-order valence-electron chi connectivity index (χ3n) is 10.4. The molecule has 3 amide bonds. The van der Waals surface area contributed by atoms with Gasteiger partial charge in [0.25, 0.3) is 16.0 Å². The number of carbonyl (C=O) groups excluding carboxylic acids is 3. The zero-order valence-corrected chi connectivity index (χ0v) is 28.4. The zero-order valence-electron chi connectivity index (χ0n) is 27.6. The summed E-state index contributed by atoms with van der Waals surface area (Å²) in [7, 11) is -2.17. The molecule has 3 fully saturated rings. The highest BCUT2D eigenvalue weighted by atomic mass is 32.2. The van der Waals surface area contributed by atoms with E-state index < -0.39 is 57.5 Å². The van der Waals surface area contributed by atoms with Crippen molar-refractivity contribution in [2.24, 2.45) is 17.8 Å². The fourth-order valence-corrected chi connectivity index (χ4v) is 8.52. The van der Waals surface area contributed by atoms with E-state index in [0.29, 0.717) is 25.9 Å². The van der Waals surface area contributed by atoms with Gasteiger partial charge < -0.3 is 15.2 Å². The third kappa shape index (κ3) is 4.94. The van der Waals surface area contributed by atoms with E-state index in [4.69, 9.17) is 14.0 Å². The Bertz CT molecular complexity index is 1790. The zero-order chi connectivity index (χ0) is 33.6. The van der Waals surface area contributed by atoms with Crippen molar-refractivity contribution in [3.8, 4) is 0 Å². The summed E-state index contributed by atoms with van der Waals surface area (Å²) in [6.45, 7) is 8.15. The van der Waals surface area contributed by atoms with Gasteiger partial charge in [-0.2, -0.15) is 13.3 Å². The molecule has 2 N–H and O–H groups in total. The van der Waals surface area contributed by atoms with Crippen molar-refractivity contribution in [3.63, 3.8) is 0 Å². The van der Waals surface area contributed by atoms with E-state index in [1.165, 1.54) is 10.5 Å². The van der Waals surface area contributed by atoms with Crippen LogP contribution in [0.5, 0.6) is 0 Å². The Balaban J connectivity index is 1.29. The number of carbonyl (C=O) groups is 3. The van der Waals surface area contributed by atoms with E-state index >= 15 is 0 Å². The number of aromatic amines is 1. The number of likely N-dealkylation sites (N-methyl/N-ethyl adjacent to an activating group) is 1. The molecule has 47 heavy (non-hydrogen) atoms. The molecule has 0 spiro atoms. The fourth-order valence-electron chi connectivity index (χ4n) is 8.30. The number of amides is 3. The number of piperazine rings is 1. The van der Waals surface area contributed by atoms with Gasteiger partial charge in [0.1, 0.15) is 12.1 Å². The molecule has 5 heterocycles. The first-order valence-corrected chi connectivity index (χ1v) is 18.2. The number of rotatable bonds is 8. The van der Waals surface area contributed by atoms with Crippen molar-refractivity contribution in [3.05, 3.63) is 41.6 Å². The predicted octanol–water partition coefficient (Wildman–Crippen LogP) is 2.35. The average molecular weight is 670 g/mol. The van der Waals surface area contributed by atoms with Gasteiger partial charge in [-0.25, -0.2) is 0 Å². The van der Waals surface area contributed by atoms with Crippen molar-refractivity contribution in [1.29, 1.82) is 0 Å². The first-order chi connectivity index (χ1) is 22.2. The molecule has 7 rings (SSSR count). The van der Waals surface area contributed by atoms with E-state index in [-0.39, 0.29) is 24.3 Å². The monoisotopic (exact) mass is 669 g/mol. The summed E-state index contributed by atoms with van der Waals surface area (Å²) < 4.78 is 36.1. The van der Waals surface area contributed by atoms with Crippen LogP contribution in [0.2, 0.25) is 0 Å². The summed E-state index contributed by atoms with van der Waals surface area (Å²) in [5.74, 6) is -4.73. The molecule has 6 atom stereocenters. The summed E-state index contributed by atoms with van der Waals surface area (Å²) in [4.78, 5) is 57.1. The van der Waals surface area contributed by atoms with Crippen LogP contribution in [0, 0.1) is 17.8 Å². The summed E-state index contributed by atoms with van der Waals surface area (Å²) in [5.41, 5.74) is 2.43. The SMILES string of the molecule is CC(C)C[C@@H]1C(=O)N2CCC[C@H]2[C@@]2(OOS(C)(=O)=O)O[C@](NC(=O)[C@@H]3C=C4c5cccc6[nH]cc(c56)C[C@@H]4N(C)C3)(C(C)C)C(=O)N12. The number of H-pyrrole nitrogens is 1. The maximum atomic E-state index is 14.8. The first-order valence-electron chi connectivity index (χ1n) is 16.4. The van der Waals surface area contributed by atoms with Crippen molar-refractivity contribution in [2.75, 3.05) is 26.4 Å². The summed E-state index contributed by atoms with van der Waals surface area (Å²) in [5, 5.41) is 4.12. The Morgan fingerprint density at radius 3 is 2.68 bits per heavy atom. The van der Waals surface area contributed by atoms with Crippen LogP contribution in [-0.2, 0) is 44.9 Å². The van der Waals surface area contributed by atoms with Crippen LogP contribution in [0.3, 0.4) is 0 Å². The summed E-state index contributed by atoms with van der Waals surface area (Å²) in [6, 6.07) is 4.34. The van der Waals surface area contributed by atoms with E-state index in [9.17, 15) is 22.8 Å². The van der Waals surface area contributed by atoms with Gasteiger partial charge in [-0.3, -0.25) is 28.9 Å². The van der Waals surface area contributed by atoms with Crippen LogP contribution in [0.4, 0.5) is 0 Å². The number of ether oxygens (including phenoxy) is 1. The van der Waals surface area contributed by atoms with Crippen molar-refractivity contribution in [2.45, 2.75) is 83.1 Å². The Morgan fingerprint density at radius 2 is 1.98 bits per heavy atom. The standard InChI is InChI=1S/C33H43N5O8S/c1-18(2)13-26-30(40)37-12-8-11-27(37)33(45-46-47(6,42)43)38(26)31(41)32(44-33,19(3)4)35-29(39)21-14-23-22-9-7-10-24-28(22)20(16-34-24)15-25(23)36(5)17-21/h7,9-10,14,16,18-19,21,25-27,34H,8,11-13,15,17H2,1-6H3,(H,35,39)/t21-,25+,26-,27+,32-,33+/m1/s1. The normalized spacial score (nSPS) is 32.2. The first kappa shape index (κ1) is 32.3. The quantitative estimate of drug-likeness (QED) is 0.319. The Morgan fingerprint density at radius 1 is 1.21 bits per heavy atom. The molecule has 1 aromatic carbocycles. The molecule has 4 aliphatic heterocycles. The summed E-state index contributed by atoms with van der Waals surface area (Å²) in [6.07, 6.45) is 6.94. The number of hydrogen-bond acceptors (Lipinski definition) is 9. The highest BCUT2D eigenvalue weighted by molar-refractivity contribution is 7.85. The molecule has 13 nitrogen and oxygen atoms in total. The predicted molar refractivity (Wildman–Crippen MR) is 171 cm³/mol. The molecule has 0 radical (unpaired) electrons.